The van der Waals surface area contributed by atoms with Gasteiger partial charge in [0.1, 0.15) is 12.4 Å². The highest BCUT2D eigenvalue weighted by Gasteiger charge is 2.14. The number of halogens is 1. The van der Waals surface area contributed by atoms with Crippen LogP contribution in [0.1, 0.15) is 36.5 Å². The molecular weight excluding hydrogens is 431 g/mol. The Morgan fingerprint density at radius 1 is 1.28 bits per heavy atom. The van der Waals surface area contributed by atoms with Crippen molar-refractivity contribution in [3.8, 4) is 0 Å². The van der Waals surface area contributed by atoms with E-state index in [1.165, 1.54) is 19.3 Å². The fraction of sp³-hybridized carbons (Fsp3) is 0.471. The molecule has 1 aliphatic heterocycles. The zero-order chi connectivity index (χ0) is 16.8. The van der Waals surface area contributed by atoms with Crippen LogP contribution in [-0.4, -0.2) is 27.8 Å². The number of anilines is 1. The average Bonchev–Trinajstić information content (AvgIpc) is 2.82. The molecule has 0 amide bonds. The van der Waals surface area contributed by atoms with Gasteiger partial charge >= 0.3 is 0 Å². The summed E-state index contributed by atoms with van der Waals surface area (Å²) in [6, 6.07) is 7.88. The molecule has 7 nitrogen and oxygen atoms in total. The molecule has 2 aromatic rings. The van der Waals surface area contributed by atoms with Gasteiger partial charge in [-0.2, -0.15) is 0 Å². The van der Waals surface area contributed by atoms with Crippen LogP contribution in [0.3, 0.4) is 0 Å². The molecule has 136 valence electrons. The van der Waals surface area contributed by atoms with E-state index >= 15 is 0 Å². The molecule has 0 fully saturated rings. The molecule has 2 heterocycles. The van der Waals surface area contributed by atoms with E-state index in [4.69, 9.17) is 10.5 Å². The average molecular weight is 456 g/mol. The fourth-order valence-corrected chi connectivity index (χ4v) is 2.92. The number of benzene rings is 1. The van der Waals surface area contributed by atoms with Crippen LogP contribution in [0.5, 0.6) is 0 Å². The lowest BCUT2D eigenvalue weighted by atomic mass is 10.2. The van der Waals surface area contributed by atoms with Crippen LogP contribution in [0.4, 0.5) is 5.69 Å². The number of hydrogen-bond donors (Lipinski definition) is 2. The van der Waals surface area contributed by atoms with E-state index in [9.17, 15) is 0 Å². The summed E-state index contributed by atoms with van der Waals surface area (Å²) in [5.74, 6) is 2.31. The van der Waals surface area contributed by atoms with Gasteiger partial charge in [-0.05, 0) is 18.9 Å². The predicted molar refractivity (Wildman–Crippen MR) is 109 cm³/mol. The number of fused-ring (bicyclic) bond motifs is 1. The molecule has 1 aliphatic rings. The van der Waals surface area contributed by atoms with E-state index in [2.05, 4.69) is 25.1 Å². The third-order valence-corrected chi connectivity index (χ3v) is 4.16. The van der Waals surface area contributed by atoms with Gasteiger partial charge in [0.05, 0.1) is 6.61 Å². The summed E-state index contributed by atoms with van der Waals surface area (Å²) in [4.78, 5) is 4.42. The normalized spacial score (nSPS) is 14.4. The number of methoxy groups -OCH3 is 1. The van der Waals surface area contributed by atoms with Crippen molar-refractivity contribution in [2.45, 2.75) is 45.4 Å². The lowest BCUT2D eigenvalue weighted by Crippen LogP contribution is -2.23. The zero-order valence-corrected chi connectivity index (χ0v) is 16.8. The first-order valence-corrected chi connectivity index (χ1v) is 8.32. The Morgan fingerprint density at radius 2 is 2.12 bits per heavy atom. The molecule has 0 bridgehead atoms. The number of nitrogens with two attached hydrogens (primary N) is 1. The first-order valence-electron chi connectivity index (χ1n) is 8.32. The number of aryl methyl sites for hydroxylation is 1. The maximum atomic E-state index is 6.03. The minimum atomic E-state index is 0. The monoisotopic (exact) mass is 456 g/mol. The number of aliphatic imine (C=N–C) groups is 1. The van der Waals surface area contributed by atoms with E-state index in [0.29, 0.717) is 19.1 Å². The molecule has 0 atom stereocenters. The molecular formula is C17H25IN6O. The van der Waals surface area contributed by atoms with Gasteiger partial charge in [0.2, 0.25) is 0 Å². The van der Waals surface area contributed by atoms with Gasteiger partial charge in [-0.3, -0.25) is 0 Å². The van der Waals surface area contributed by atoms with Crippen molar-refractivity contribution in [2.24, 2.45) is 10.7 Å². The van der Waals surface area contributed by atoms with Gasteiger partial charge in [0.15, 0.2) is 11.8 Å². The first-order chi connectivity index (χ1) is 11.8. The Bertz CT molecular complexity index is 715. The molecule has 0 unspecified atom stereocenters. The Labute approximate surface area is 165 Å². The van der Waals surface area contributed by atoms with Crippen LogP contribution in [0.25, 0.3) is 0 Å². The molecule has 8 heteroatoms. The van der Waals surface area contributed by atoms with Crippen molar-refractivity contribution in [2.75, 3.05) is 12.4 Å². The third kappa shape index (κ3) is 5.15. The Balaban J connectivity index is 0.00000225. The molecule has 0 aliphatic carbocycles. The molecule has 0 saturated heterocycles. The highest BCUT2D eigenvalue weighted by molar-refractivity contribution is 14.0. The summed E-state index contributed by atoms with van der Waals surface area (Å²) in [5, 5.41) is 11.7. The highest BCUT2D eigenvalue weighted by atomic mass is 127. The Hall–Kier alpha value is -1.68. The van der Waals surface area contributed by atoms with E-state index < -0.39 is 0 Å². The minimum absolute atomic E-state index is 0. The number of guanidine groups is 1. The van der Waals surface area contributed by atoms with Crippen LogP contribution in [-0.2, 0) is 30.9 Å². The van der Waals surface area contributed by atoms with E-state index in [0.717, 1.165) is 35.9 Å². The fourth-order valence-electron chi connectivity index (χ4n) is 2.92. The number of para-hydroxylation sites is 1. The maximum absolute atomic E-state index is 6.03. The van der Waals surface area contributed by atoms with Gasteiger partial charge < -0.3 is 20.4 Å². The van der Waals surface area contributed by atoms with Crippen molar-refractivity contribution in [1.82, 2.24) is 14.8 Å². The van der Waals surface area contributed by atoms with Crippen molar-refractivity contribution >= 4 is 35.6 Å². The number of ether oxygens (including phenoxy) is 1. The second kappa shape index (κ2) is 9.71. The quantitative estimate of drug-likeness (QED) is 0.410. The molecule has 3 N–H and O–H groups in total. The van der Waals surface area contributed by atoms with Gasteiger partial charge in [0, 0.05) is 31.3 Å². The van der Waals surface area contributed by atoms with Crippen molar-refractivity contribution in [1.29, 1.82) is 0 Å². The summed E-state index contributed by atoms with van der Waals surface area (Å²) < 4.78 is 7.38. The molecule has 1 aromatic carbocycles. The van der Waals surface area contributed by atoms with Gasteiger partial charge in [-0.1, -0.05) is 24.6 Å². The molecule has 0 saturated carbocycles. The van der Waals surface area contributed by atoms with Gasteiger partial charge in [-0.15, -0.1) is 34.2 Å². The Kier molecular flexibility index (Phi) is 7.63. The third-order valence-electron chi connectivity index (χ3n) is 4.16. The molecule has 25 heavy (non-hydrogen) atoms. The summed E-state index contributed by atoms with van der Waals surface area (Å²) in [6.07, 6.45) is 4.59. The summed E-state index contributed by atoms with van der Waals surface area (Å²) in [7, 11) is 1.67. The second-order valence-corrected chi connectivity index (χ2v) is 5.91. The van der Waals surface area contributed by atoms with Crippen LogP contribution >= 0.6 is 24.0 Å². The number of nitrogens with one attached hydrogen (secondary N) is 1. The summed E-state index contributed by atoms with van der Waals surface area (Å²) in [5.41, 5.74) is 7.97. The van der Waals surface area contributed by atoms with Crippen molar-refractivity contribution in [3.63, 3.8) is 0 Å². The topological polar surface area (TPSA) is 90.3 Å². The van der Waals surface area contributed by atoms with Crippen LogP contribution in [0, 0.1) is 0 Å². The maximum Gasteiger partial charge on any atom is 0.193 e. The molecule has 0 radical (unpaired) electrons. The summed E-state index contributed by atoms with van der Waals surface area (Å²) in [6.45, 7) is 1.92. The first kappa shape index (κ1) is 19.6. The van der Waals surface area contributed by atoms with Gasteiger partial charge in [-0.25, -0.2) is 4.99 Å². The smallest absolute Gasteiger partial charge is 0.193 e. The highest BCUT2D eigenvalue weighted by Crippen LogP contribution is 2.16. The number of hydrogen-bond acceptors (Lipinski definition) is 4. The van der Waals surface area contributed by atoms with E-state index in [-0.39, 0.29) is 24.0 Å². The Morgan fingerprint density at radius 3 is 2.96 bits per heavy atom. The van der Waals surface area contributed by atoms with E-state index in [1.807, 2.05) is 24.3 Å². The SMILES string of the molecule is COCc1ccccc1NC(N)=NCc1nnc2n1CCCCC2.I. The molecule has 1 aromatic heterocycles. The van der Waals surface area contributed by atoms with Crippen LogP contribution in [0.2, 0.25) is 0 Å². The standard InChI is InChI=1S/C17H24N6O.HI/c1-24-12-13-7-4-5-8-14(13)20-17(18)19-11-16-22-21-15-9-3-2-6-10-23(15)16;/h4-5,7-8H,2-3,6,9-12H2,1H3,(H3,18,19,20);1H. The number of nitrogens with zero attached hydrogens (tertiary/aromatic N) is 4. The minimum Gasteiger partial charge on any atom is -0.380 e. The van der Waals surface area contributed by atoms with E-state index in [1.54, 1.807) is 7.11 Å². The van der Waals surface area contributed by atoms with Crippen LogP contribution in [0.15, 0.2) is 29.3 Å². The van der Waals surface area contributed by atoms with Crippen LogP contribution < -0.4 is 11.1 Å². The molecule has 0 spiro atoms. The molecule has 3 rings (SSSR count). The second-order valence-electron chi connectivity index (χ2n) is 5.91. The lowest BCUT2D eigenvalue weighted by Gasteiger charge is -2.11. The zero-order valence-electron chi connectivity index (χ0n) is 14.4. The van der Waals surface area contributed by atoms with Crippen molar-refractivity contribution in [3.05, 3.63) is 41.5 Å². The largest absolute Gasteiger partial charge is 0.380 e. The number of aromatic nitrogens is 3. The summed E-state index contributed by atoms with van der Waals surface area (Å²) >= 11 is 0. The number of rotatable bonds is 5. The van der Waals surface area contributed by atoms with Gasteiger partial charge in [0.25, 0.3) is 0 Å². The predicted octanol–water partition coefficient (Wildman–Crippen LogP) is 2.70. The lowest BCUT2D eigenvalue weighted by molar-refractivity contribution is 0.185. The van der Waals surface area contributed by atoms with Crippen molar-refractivity contribution < 1.29 is 4.74 Å².